The molecule has 0 bridgehead atoms. The summed E-state index contributed by atoms with van der Waals surface area (Å²) in [6.45, 7) is 12.3. The topological polar surface area (TPSA) is 90.0 Å². The fraction of sp³-hybridized carbons (Fsp3) is 0.586. The van der Waals surface area contributed by atoms with Crippen molar-refractivity contribution in [2.75, 3.05) is 38.0 Å². The molecular formula is C29H42N4O4S2. The largest absolute Gasteiger partial charge is 0.339 e. The summed E-state index contributed by atoms with van der Waals surface area (Å²) in [4.78, 5) is 32.7. The Morgan fingerprint density at radius 1 is 1.00 bits per heavy atom. The van der Waals surface area contributed by atoms with Crippen LogP contribution >= 0.6 is 11.3 Å². The van der Waals surface area contributed by atoms with Gasteiger partial charge in [0.1, 0.15) is 5.00 Å². The van der Waals surface area contributed by atoms with E-state index in [-0.39, 0.29) is 16.7 Å². The van der Waals surface area contributed by atoms with E-state index in [2.05, 4.69) is 24.1 Å². The second-order valence-corrected chi connectivity index (χ2v) is 13.8. The van der Waals surface area contributed by atoms with Crippen LogP contribution in [-0.2, 0) is 23.0 Å². The summed E-state index contributed by atoms with van der Waals surface area (Å²) >= 11 is 1.50. The number of rotatable bonds is 10. The zero-order valence-electron chi connectivity index (χ0n) is 23.7. The molecule has 1 fully saturated rings. The highest BCUT2D eigenvalue weighted by Gasteiger charge is 2.32. The molecule has 2 aliphatic heterocycles. The van der Waals surface area contributed by atoms with E-state index < -0.39 is 10.0 Å². The lowest BCUT2D eigenvalue weighted by atomic mass is 10.00. The van der Waals surface area contributed by atoms with Crippen molar-refractivity contribution >= 4 is 38.2 Å². The molecule has 2 aromatic rings. The average molecular weight is 575 g/mol. The molecule has 3 heterocycles. The number of amides is 2. The van der Waals surface area contributed by atoms with Crippen LogP contribution in [0.3, 0.4) is 0 Å². The number of carbonyl (C=O) groups excluding carboxylic acids is 2. The predicted octanol–water partition coefficient (Wildman–Crippen LogP) is 5.20. The first-order valence-corrected chi connectivity index (χ1v) is 16.5. The minimum absolute atomic E-state index is 0.00822. The standard InChI is InChI=1S/C29H42N4O4S2/c1-5-15-33(16-6-2)39(36,37)23-12-10-22(11-13-23)27(34)30-28-26(29(35)31-17-8-7-9-18-31)24-14-19-32(21(3)4)20-25(24)38-28/h10-13,21H,5-9,14-20H2,1-4H3,(H,30,34). The van der Waals surface area contributed by atoms with Gasteiger partial charge >= 0.3 is 0 Å². The Hall–Kier alpha value is -2.27. The third kappa shape index (κ3) is 6.56. The highest BCUT2D eigenvalue weighted by molar-refractivity contribution is 7.89. The molecule has 4 rings (SSSR count). The number of carbonyl (C=O) groups is 2. The Balaban J connectivity index is 1.59. The molecule has 39 heavy (non-hydrogen) atoms. The number of thiophene rings is 1. The number of hydrogen-bond acceptors (Lipinski definition) is 6. The summed E-state index contributed by atoms with van der Waals surface area (Å²) in [7, 11) is -3.62. The van der Waals surface area contributed by atoms with E-state index >= 15 is 0 Å². The Morgan fingerprint density at radius 3 is 2.23 bits per heavy atom. The van der Waals surface area contributed by atoms with Gasteiger partial charge in [-0.2, -0.15) is 4.31 Å². The second kappa shape index (κ2) is 12.9. The van der Waals surface area contributed by atoms with Gasteiger partial charge in [0.05, 0.1) is 10.5 Å². The van der Waals surface area contributed by atoms with Crippen molar-refractivity contribution in [3.05, 3.63) is 45.8 Å². The molecule has 2 amide bonds. The highest BCUT2D eigenvalue weighted by atomic mass is 32.2. The van der Waals surface area contributed by atoms with Gasteiger partial charge in [0.25, 0.3) is 11.8 Å². The maximum Gasteiger partial charge on any atom is 0.257 e. The van der Waals surface area contributed by atoms with Crippen LogP contribution < -0.4 is 5.32 Å². The van der Waals surface area contributed by atoms with E-state index in [9.17, 15) is 18.0 Å². The number of hydrogen-bond donors (Lipinski definition) is 1. The molecule has 1 aromatic heterocycles. The summed E-state index contributed by atoms with van der Waals surface area (Å²) in [6.07, 6.45) is 5.40. The van der Waals surface area contributed by atoms with Crippen LogP contribution in [0.1, 0.15) is 91.0 Å². The first-order chi connectivity index (χ1) is 18.7. The second-order valence-electron chi connectivity index (χ2n) is 10.8. The summed E-state index contributed by atoms with van der Waals surface area (Å²) < 4.78 is 27.7. The number of nitrogens with zero attached hydrogens (tertiary/aromatic N) is 3. The molecule has 1 N–H and O–H groups in total. The van der Waals surface area contributed by atoms with Gasteiger partial charge in [0.15, 0.2) is 0 Å². The lowest BCUT2D eigenvalue weighted by molar-refractivity contribution is 0.0723. The van der Waals surface area contributed by atoms with Crippen LogP contribution in [0.15, 0.2) is 29.2 Å². The molecule has 10 heteroatoms. The minimum Gasteiger partial charge on any atom is -0.339 e. The third-order valence-corrected chi connectivity index (χ3v) is 10.6. The summed E-state index contributed by atoms with van der Waals surface area (Å²) in [5.41, 5.74) is 2.07. The molecule has 0 unspecified atom stereocenters. The van der Waals surface area contributed by atoms with Crippen molar-refractivity contribution in [1.29, 1.82) is 0 Å². The van der Waals surface area contributed by atoms with Crippen LogP contribution in [-0.4, -0.2) is 73.1 Å². The predicted molar refractivity (Wildman–Crippen MR) is 157 cm³/mol. The Morgan fingerprint density at radius 2 is 1.64 bits per heavy atom. The zero-order valence-corrected chi connectivity index (χ0v) is 25.3. The van der Waals surface area contributed by atoms with E-state index in [4.69, 9.17) is 0 Å². The van der Waals surface area contributed by atoms with Gasteiger partial charge in [-0.15, -0.1) is 11.3 Å². The van der Waals surface area contributed by atoms with Gasteiger partial charge in [-0.05, 0) is 82.2 Å². The number of nitrogens with one attached hydrogen (secondary N) is 1. The molecule has 0 atom stereocenters. The first-order valence-electron chi connectivity index (χ1n) is 14.3. The Bertz CT molecular complexity index is 1260. The Kier molecular flexibility index (Phi) is 9.85. The van der Waals surface area contributed by atoms with Crippen LogP contribution in [0.5, 0.6) is 0 Å². The molecule has 1 aromatic carbocycles. The monoisotopic (exact) mass is 574 g/mol. The van der Waals surface area contributed by atoms with E-state index in [1.807, 2.05) is 18.7 Å². The number of anilines is 1. The first kappa shape index (κ1) is 29.7. The van der Waals surface area contributed by atoms with Crippen LogP contribution in [0.2, 0.25) is 0 Å². The van der Waals surface area contributed by atoms with E-state index in [1.165, 1.54) is 27.8 Å². The maximum atomic E-state index is 13.7. The van der Waals surface area contributed by atoms with Crippen LogP contribution in [0.4, 0.5) is 5.00 Å². The number of sulfonamides is 1. The molecule has 2 aliphatic rings. The smallest absolute Gasteiger partial charge is 0.257 e. The third-order valence-electron chi connectivity index (χ3n) is 7.60. The molecule has 0 radical (unpaired) electrons. The lowest BCUT2D eigenvalue weighted by Crippen LogP contribution is -2.38. The number of piperidine rings is 1. The van der Waals surface area contributed by atoms with E-state index in [0.717, 1.165) is 75.1 Å². The maximum absolute atomic E-state index is 13.7. The molecule has 214 valence electrons. The molecule has 0 saturated carbocycles. The molecule has 8 nitrogen and oxygen atoms in total. The fourth-order valence-electron chi connectivity index (χ4n) is 5.39. The van der Waals surface area contributed by atoms with Crippen LogP contribution in [0, 0.1) is 0 Å². The van der Waals surface area contributed by atoms with Gasteiger partial charge < -0.3 is 10.2 Å². The van der Waals surface area contributed by atoms with Gasteiger partial charge in [-0.3, -0.25) is 14.5 Å². The lowest BCUT2D eigenvalue weighted by Gasteiger charge is -2.31. The SMILES string of the molecule is CCCN(CCC)S(=O)(=O)c1ccc(C(=O)Nc2sc3c(c2C(=O)N2CCCCC2)CCN(C(C)C)C3)cc1. The van der Waals surface area contributed by atoms with E-state index in [0.29, 0.717) is 35.3 Å². The van der Waals surface area contributed by atoms with Crippen molar-refractivity contribution in [3.8, 4) is 0 Å². The number of fused-ring (bicyclic) bond motifs is 1. The summed E-state index contributed by atoms with van der Waals surface area (Å²) in [6, 6.07) is 6.52. The van der Waals surface area contributed by atoms with Crippen molar-refractivity contribution in [3.63, 3.8) is 0 Å². The van der Waals surface area contributed by atoms with Gasteiger partial charge in [0, 0.05) is 55.8 Å². The molecule has 0 spiro atoms. The minimum atomic E-state index is -3.62. The van der Waals surface area contributed by atoms with Crippen molar-refractivity contribution in [2.45, 2.75) is 83.7 Å². The Labute approximate surface area is 237 Å². The molecule has 0 aliphatic carbocycles. The molecular weight excluding hydrogens is 532 g/mol. The average Bonchev–Trinajstić information content (AvgIpc) is 3.29. The summed E-state index contributed by atoms with van der Waals surface area (Å²) in [5.74, 6) is -0.334. The van der Waals surface area contributed by atoms with Crippen LogP contribution in [0.25, 0.3) is 0 Å². The zero-order chi connectivity index (χ0) is 28.2. The normalized spacial score (nSPS) is 16.5. The number of benzene rings is 1. The summed E-state index contributed by atoms with van der Waals surface area (Å²) in [5, 5.41) is 3.62. The van der Waals surface area contributed by atoms with Crippen molar-refractivity contribution in [2.24, 2.45) is 0 Å². The quantitative estimate of drug-likeness (QED) is 0.421. The highest BCUT2D eigenvalue weighted by Crippen LogP contribution is 2.39. The molecule has 1 saturated heterocycles. The van der Waals surface area contributed by atoms with E-state index in [1.54, 1.807) is 12.1 Å². The van der Waals surface area contributed by atoms with Gasteiger partial charge in [-0.1, -0.05) is 13.8 Å². The fourth-order valence-corrected chi connectivity index (χ4v) is 8.27. The van der Waals surface area contributed by atoms with Crippen molar-refractivity contribution in [1.82, 2.24) is 14.1 Å². The van der Waals surface area contributed by atoms with Gasteiger partial charge in [-0.25, -0.2) is 8.42 Å². The number of likely N-dealkylation sites (tertiary alicyclic amines) is 1. The van der Waals surface area contributed by atoms with Gasteiger partial charge in [0.2, 0.25) is 10.0 Å². The van der Waals surface area contributed by atoms with Crippen molar-refractivity contribution < 1.29 is 18.0 Å².